The van der Waals surface area contributed by atoms with Crippen LogP contribution < -0.4 is 0 Å². The third kappa shape index (κ3) is 4.56. The van der Waals surface area contributed by atoms with E-state index < -0.39 is 0 Å². The number of carbonyl (C=O) groups is 2. The Morgan fingerprint density at radius 3 is 2.76 bits per heavy atom. The van der Waals surface area contributed by atoms with Crippen molar-refractivity contribution in [1.82, 2.24) is 9.80 Å². The normalized spacial score (nSPS) is 26.1. The molecule has 2 atom stereocenters. The van der Waals surface area contributed by atoms with E-state index in [1.165, 1.54) is 7.11 Å². The first-order valence-corrected chi connectivity index (χ1v) is 7.85. The van der Waals surface area contributed by atoms with Crippen LogP contribution in [0.2, 0.25) is 0 Å². The van der Waals surface area contributed by atoms with E-state index in [4.69, 9.17) is 0 Å². The van der Waals surface area contributed by atoms with Crippen LogP contribution in [-0.2, 0) is 14.3 Å². The SMILES string of the molecule is COC(=O)CCN1CCN(C(=O)C[C@@H]2C=CCC2)[C@@H](C)C1. The van der Waals surface area contributed by atoms with E-state index in [-0.39, 0.29) is 17.9 Å². The summed E-state index contributed by atoms with van der Waals surface area (Å²) in [6.07, 6.45) is 7.63. The van der Waals surface area contributed by atoms with Crippen LogP contribution in [-0.4, -0.2) is 61.0 Å². The van der Waals surface area contributed by atoms with Crippen molar-refractivity contribution in [2.24, 2.45) is 5.92 Å². The zero-order chi connectivity index (χ0) is 15.2. The van der Waals surface area contributed by atoms with E-state index in [0.29, 0.717) is 25.3 Å². The maximum absolute atomic E-state index is 12.4. The molecule has 5 nitrogen and oxygen atoms in total. The van der Waals surface area contributed by atoms with Gasteiger partial charge in [-0.25, -0.2) is 0 Å². The largest absolute Gasteiger partial charge is 0.469 e. The summed E-state index contributed by atoms with van der Waals surface area (Å²) in [7, 11) is 1.42. The molecule has 1 heterocycles. The minimum absolute atomic E-state index is 0.172. The zero-order valence-electron chi connectivity index (χ0n) is 13.1. The molecule has 118 valence electrons. The summed E-state index contributed by atoms with van der Waals surface area (Å²) in [4.78, 5) is 27.8. The maximum atomic E-state index is 12.4. The van der Waals surface area contributed by atoms with Crippen molar-refractivity contribution < 1.29 is 14.3 Å². The van der Waals surface area contributed by atoms with E-state index in [1.807, 2.05) is 4.90 Å². The molecule has 1 saturated heterocycles. The molecule has 1 aliphatic heterocycles. The Kier molecular flexibility index (Phi) is 5.79. The second kappa shape index (κ2) is 7.59. The van der Waals surface area contributed by atoms with Gasteiger partial charge in [0, 0.05) is 38.6 Å². The van der Waals surface area contributed by atoms with Crippen molar-refractivity contribution in [2.45, 2.75) is 38.6 Å². The summed E-state index contributed by atoms with van der Waals surface area (Å²) < 4.78 is 4.67. The Morgan fingerprint density at radius 1 is 1.33 bits per heavy atom. The van der Waals surface area contributed by atoms with E-state index in [0.717, 1.165) is 32.5 Å². The van der Waals surface area contributed by atoms with Gasteiger partial charge in [-0.15, -0.1) is 0 Å². The number of hydrogen-bond acceptors (Lipinski definition) is 4. The summed E-state index contributed by atoms with van der Waals surface area (Å²) >= 11 is 0. The Bertz CT molecular complexity index is 408. The lowest BCUT2D eigenvalue weighted by Gasteiger charge is -2.40. The van der Waals surface area contributed by atoms with Crippen molar-refractivity contribution in [3.63, 3.8) is 0 Å². The lowest BCUT2D eigenvalue weighted by Crippen LogP contribution is -2.54. The van der Waals surface area contributed by atoms with Gasteiger partial charge in [-0.2, -0.15) is 0 Å². The van der Waals surface area contributed by atoms with Crippen LogP contribution in [0.4, 0.5) is 0 Å². The molecular weight excluding hydrogens is 268 g/mol. The fraction of sp³-hybridized carbons (Fsp3) is 0.750. The summed E-state index contributed by atoms with van der Waals surface area (Å²) in [6, 6.07) is 0.217. The summed E-state index contributed by atoms with van der Waals surface area (Å²) in [5.74, 6) is 0.530. The van der Waals surface area contributed by atoms with Gasteiger partial charge in [0.1, 0.15) is 0 Å². The Hall–Kier alpha value is -1.36. The number of rotatable bonds is 5. The summed E-state index contributed by atoms with van der Waals surface area (Å²) in [5.41, 5.74) is 0. The molecule has 1 fully saturated rings. The predicted molar refractivity (Wildman–Crippen MR) is 80.7 cm³/mol. The fourth-order valence-electron chi connectivity index (χ4n) is 3.16. The fourth-order valence-corrected chi connectivity index (χ4v) is 3.16. The highest BCUT2D eigenvalue weighted by atomic mass is 16.5. The molecule has 0 aromatic carbocycles. The Balaban J connectivity index is 1.76. The maximum Gasteiger partial charge on any atom is 0.306 e. The molecule has 0 saturated carbocycles. The monoisotopic (exact) mass is 294 g/mol. The van der Waals surface area contributed by atoms with Gasteiger partial charge in [0.15, 0.2) is 0 Å². The number of piperazine rings is 1. The lowest BCUT2D eigenvalue weighted by molar-refractivity contribution is -0.142. The van der Waals surface area contributed by atoms with Crippen LogP contribution in [0.1, 0.15) is 32.6 Å². The number of nitrogens with zero attached hydrogens (tertiary/aromatic N) is 2. The molecule has 1 amide bonds. The molecule has 5 heteroatoms. The van der Waals surface area contributed by atoms with Crippen LogP contribution in [0, 0.1) is 5.92 Å². The molecule has 0 aromatic rings. The number of allylic oxidation sites excluding steroid dienone is 2. The third-order valence-corrected chi connectivity index (χ3v) is 4.44. The highest BCUT2D eigenvalue weighted by Gasteiger charge is 2.28. The van der Waals surface area contributed by atoms with Gasteiger partial charge in [-0.3, -0.25) is 14.5 Å². The van der Waals surface area contributed by atoms with Crippen molar-refractivity contribution in [2.75, 3.05) is 33.3 Å². The lowest BCUT2D eigenvalue weighted by atomic mass is 10.0. The van der Waals surface area contributed by atoms with E-state index in [2.05, 4.69) is 28.7 Å². The van der Waals surface area contributed by atoms with Crippen LogP contribution >= 0.6 is 0 Å². The van der Waals surface area contributed by atoms with Crippen LogP contribution in [0.15, 0.2) is 12.2 Å². The summed E-state index contributed by atoms with van der Waals surface area (Å²) in [6.45, 7) is 5.24. The smallest absolute Gasteiger partial charge is 0.306 e. The predicted octanol–water partition coefficient (Wildman–Crippen LogP) is 1.44. The topological polar surface area (TPSA) is 49.9 Å². The number of ether oxygens (including phenoxy) is 1. The van der Waals surface area contributed by atoms with Gasteiger partial charge in [-0.1, -0.05) is 12.2 Å². The van der Waals surface area contributed by atoms with Crippen LogP contribution in [0.3, 0.4) is 0 Å². The van der Waals surface area contributed by atoms with E-state index in [9.17, 15) is 9.59 Å². The average Bonchev–Trinajstić information content (AvgIpc) is 2.97. The molecule has 2 aliphatic rings. The van der Waals surface area contributed by atoms with Gasteiger partial charge in [0.05, 0.1) is 13.5 Å². The van der Waals surface area contributed by atoms with Crippen molar-refractivity contribution in [1.29, 1.82) is 0 Å². The van der Waals surface area contributed by atoms with Crippen LogP contribution in [0.5, 0.6) is 0 Å². The standard InChI is InChI=1S/C16H26N2O3/c1-13-12-17(8-7-16(20)21-2)9-10-18(13)15(19)11-14-5-3-4-6-14/h3,5,13-14H,4,6-12H2,1-2H3/t13-,14+/m0/s1. The summed E-state index contributed by atoms with van der Waals surface area (Å²) in [5, 5.41) is 0. The average molecular weight is 294 g/mol. The molecule has 0 N–H and O–H groups in total. The molecule has 0 spiro atoms. The minimum atomic E-state index is -0.172. The van der Waals surface area contributed by atoms with Gasteiger partial charge in [0.25, 0.3) is 0 Å². The molecule has 0 unspecified atom stereocenters. The second-order valence-electron chi connectivity index (χ2n) is 6.03. The highest BCUT2D eigenvalue weighted by Crippen LogP contribution is 2.22. The molecule has 1 aliphatic carbocycles. The number of carbonyl (C=O) groups excluding carboxylic acids is 2. The molecule has 21 heavy (non-hydrogen) atoms. The van der Waals surface area contributed by atoms with Crippen molar-refractivity contribution in [3.05, 3.63) is 12.2 Å². The van der Waals surface area contributed by atoms with Crippen molar-refractivity contribution >= 4 is 11.9 Å². The van der Waals surface area contributed by atoms with Gasteiger partial charge < -0.3 is 9.64 Å². The van der Waals surface area contributed by atoms with E-state index >= 15 is 0 Å². The van der Waals surface area contributed by atoms with Gasteiger partial charge in [0.2, 0.25) is 5.91 Å². The number of amides is 1. The number of hydrogen-bond donors (Lipinski definition) is 0. The quantitative estimate of drug-likeness (QED) is 0.569. The van der Waals surface area contributed by atoms with Crippen molar-refractivity contribution in [3.8, 4) is 0 Å². The Labute approximate surface area is 126 Å². The zero-order valence-corrected chi connectivity index (χ0v) is 13.1. The van der Waals surface area contributed by atoms with Gasteiger partial charge in [-0.05, 0) is 25.7 Å². The highest BCUT2D eigenvalue weighted by molar-refractivity contribution is 5.77. The first-order valence-electron chi connectivity index (χ1n) is 7.85. The van der Waals surface area contributed by atoms with E-state index in [1.54, 1.807) is 0 Å². The first kappa shape index (κ1) is 16.0. The van der Waals surface area contributed by atoms with Gasteiger partial charge >= 0.3 is 5.97 Å². The molecule has 0 bridgehead atoms. The minimum Gasteiger partial charge on any atom is -0.469 e. The molecule has 2 rings (SSSR count). The number of methoxy groups -OCH3 is 1. The van der Waals surface area contributed by atoms with Crippen LogP contribution in [0.25, 0.3) is 0 Å². The molecule has 0 aromatic heterocycles. The molecular formula is C16H26N2O3. The first-order chi connectivity index (χ1) is 10.1. The second-order valence-corrected chi connectivity index (χ2v) is 6.03. The molecule has 0 radical (unpaired) electrons. The number of esters is 1. The third-order valence-electron chi connectivity index (χ3n) is 4.44. The Morgan fingerprint density at radius 2 is 2.14 bits per heavy atom.